The van der Waals surface area contributed by atoms with Gasteiger partial charge in [-0.15, -0.1) is 0 Å². The zero-order valence-electron chi connectivity index (χ0n) is 24.2. The highest BCUT2D eigenvalue weighted by atomic mass is 31.2. The molecule has 0 aliphatic rings. The van der Waals surface area contributed by atoms with Crippen molar-refractivity contribution in [1.82, 2.24) is 19.5 Å². The zero-order chi connectivity index (χ0) is 27.9. The van der Waals surface area contributed by atoms with Crippen LogP contribution >= 0.6 is 7.60 Å². The third-order valence-corrected chi connectivity index (χ3v) is 7.08. The molecule has 0 bridgehead atoms. The van der Waals surface area contributed by atoms with Crippen LogP contribution in [0.3, 0.4) is 0 Å². The Morgan fingerprint density at radius 1 is 1.00 bits per heavy atom. The van der Waals surface area contributed by atoms with E-state index < -0.39 is 14.4 Å². The first-order chi connectivity index (χ1) is 18.1. The summed E-state index contributed by atoms with van der Waals surface area (Å²) in [5.74, 6) is 0.306. The van der Waals surface area contributed by atoms with Gasteiger partial charge in [0.25, 0.3) is 0 Å². The lowest BCUT2D eigenvalue weighted by atomic mass is 10.0. The van der Waals surface area contributed by atoms with Crippen molar-refractivity contribution in [1.29, 1.82) is 0 Å². The van der Waals surface area contributed by atoms with Crippen LogP contribution in [0.2, 0.25) is 0 Å². The van der Waals surface area contributed by atoms with E-state index in [4.69, 9.17) is 19.1 Å². The van der Waals surface area contributed by atoms with Crippen molar-refractivity contribution in [2.24, 2.45) is 0 Å². The van der Waals surface area contributed by atoms with E-state index >= 15 is 0 Å². The van der Waals surface area contributed by atoms with Gasteiger partial charge in [-0.3, -0.25) is 4.57 Å². The minimum Gasteiger partial charge on any atom is -0.382 e. The van der Waals surface area contributed by atoms with Crippen molar-refractivity contribution in [2.45, 2.75) is 116 Å². The quantitative estimate of drug-likeness (QED) is 0.144. The Morgan fingerprint density at radius 3 is 2.23 bits per heavy atom. The molecule has 10 heteroatoms. The fraction of sp³-hybridized carbons (Fsp3) is 0.800. The monoisotopic (exact) mass is 514 g/mol. The van der Waals surface area contributed by atoms with Gasteiger partial charge in [-0.1, -0.05) is 90.3 Å². The number of nitrogens with zero attached hydrogens (tertiary/aromatic N) is 4. The van der Waals surface area contributed by atoms with Crippen LogP contribution in [0.1, 0.15) is 108 Å². The predicted molar refractivity (Wildman–Crippen MR) is 141 cm³/mol. The van der Waals surface area contributed by atoms with Gasteiger partial charge in [0.15, 0.2) is 11.5 Å². The van der Waals surface area contributed by atoms with E-state index in [0.717, 1.165) is 38.5 Å². The second-order valence-electron chi connectivity index (χ2n) is 9.25. The van der Waals surface area contributed by atoms with Crippen LogP contribution in [-0.2, 0) is 20.4 Å². The maximum atomic E-state index is 12.3. The standard InChI is InChI=1S/C25H46N5O4P/c1-3-4-5-6-7-8-9-10-11-12-13-14-15-16-17-34-35(31,32)21-33-22(2)18-30-20-29-23-24(26)27-19-28-25(23)30/h19-20,22H,3-18,21H2,1-2H3,(H,31,32)(H2,26,27,28)/i1D3. The van der Waals surface area contributed by atoms with E-state index in [9.17, 15) is 9.46 Å². The minimum absolute atomic E-state index is 0.250. The first kappa shape index (κ1) is 25.1. The van der Waals surface area contributed by atoms with Crippen molar-refractivity contribution in [3.05, 3.63) is 12.7 Å². The molecule has 2 heterocycles. The Hall–Kier alpha value is -1.54. The lowest BCUT2D eigenvalue weighted by molar-refractivity contribution is 0.0715. The highest BCUT2D eigenvalue weighted by Gasteiger charge is 2.21. The van der Waals surface area contributed by atoms with Crippen molar-refractivity contribution >= 4 is 24.6 Å². The maximum Gasteiger partial charge on any atom is 0.353 e. The number of ether oxygens (including phenoxy) is 1. The summed E-state index contributed by atoms with van der Waals surface area (Å²) in [6.45, 7) is 0.692. The maximum absolute atomic E-state index is 12.3. The molecule has 0 aliphatic carbocycles. The third-order valence-electron chi connectivity index (χ3n) is 6.02. The van der Waals surface area contributed by atoms with Gasteiger partial charge < -0.3 is 24.5 Å². The van der Waals surface area contributed by atoms with Crippen molar-refractivity contribution < 1.29 is 22.8 Å². The number of hydrogen-bond acceptors (Lipinski definition) is 7. The molecule has 0 saturated carbocycles. The van der Waals surface area contributed by atoms with Crippen LogP contribution in [0.25, 0.3) is 11.2 Å². The van der Waals surface area contributed by atoms with E-state index in [0.29, 0.717) is 29.9 Å². The van der Waals surface area contributed by atoms with Crippen molar-refractivity contribution in [2.75, 3.05) is 18.7 Å². The van der Waals surface area contributed by atoms with Crippen molar-refractivity contribution in [3.8, 4) is 0 Å². The third kappa shape index (κ3) is 12.3. The molecule has 0 spiro atoms. The first-order valence-electron chi connectivity index (χ1n) is 14.6. The Labute approximate surface area is 215 Å². The number of fused-ring (bicyclic) bond motifs is 1. The van der Waals surface area contributed by atoms with Gasteiger partial charge in [0.05, 0.1) is 25.6 Å². The molecule has 35 heavy (non-hydrogen) atoms. The molecule has 2 atom stereocenters. The molecule has 9 nitrogen and oxygen atoms in total. The summed E-state index contributed by atoms with van der Waals surface area (Å²) in [7, 11) is -3.80. The summed E-state index contributed by atoms with van der Waals surface area (Å²) in [4.78, 5) is 22.4. The molecule has 0 aliphatic heterocycles. The van der Waals surface area contributed by atoms with E-state index in [-0.39, 0.29) is 19.1 Å². The Balaban J connectivity index is 1.41. The second-order valence-corrected chi connectivity index (χ2v) is 11.0. The smallest absolute Gasteiger partial charge is 0.353 e. The first-order valence-corrected chi connectivity index (χ1v) is 14.8. The second kappa shape index (κ2) is 17.0. The summed E-state index contributed by atoms with van der Waals surface area (Å²) in [6, 6.07) is 0. The van der Waals surface area contributed by atoms with Crippen LogP contribution in [0.5, 0.6) is 0 Å². The van der Waals surface area contributed by atoms with Crippen LogP contribution in [0, 0.1) is 0 Å². The van der Waals surface area contributed by atoms with Gasteiger partial charge in [-0.05, 0) is 13.3 Å². The number of nitrogens with two attached hydrogens (primary N) is 1. The van der Waals surface area contributed by atoms with Gasteiger partial charge in [0.2, 0.25) is 0 Å². The summed E-state index contributed by atoms with van der Waals surface area (Å²) >= 11 is 0. The number of hydrogen-bond donors (Lipinski definition) is 2. The molecule has 0 fully saturated rings. The minimum atomic E-state index is -3.80. The molecule has 2 unspecified atom stereocenters. The molecule has 0 saturated heterocycles. The Bertz CT molecular complexity index is 976. The zero-order valence-corrected chi connectivity index (χ0v) is 22.1. The fourth-order valence-corrected chi connectivity index (χ4v) is 4.93. The van der Waals surface area contributed by atoms with Gasteiger partial charge in [0.1, 0.15) is 18.2 Å². The number of aromatic nitrogens is 4. The van der Waals surface area contributed by atoms with Crippen LogP contribution in [-0.4, -0.2) is 43.5 Å². The Morgan fingerprint density at radius 2 is 1.60 bits per heavy atom. The largest absolute Gasteiger partial charge is 0.382 e. The SMILES string of the molecule is [2H]C([2H])([2H])CCCCCCCCCCCCCCCOP(=O)(O)COC(C)Cn1cnc2c(N)ncnc21. The van der Waals surface area contributed by atoms with Crippen molar-refractivity contribution in [3.63, 3.8) is 0 Å². The lowest BCUT2D eigenvalue weighted by Gasteiger charge is -2.17. The van der Waals surface area contributed by atoms with Gasteiger partial charge >= 0.3 is 7.60 Å². The van der Waals surface area contributed by atoms with Gasteiger partial charge in [-0.2, -0.15) is 0 Å². The van der Waals surface area contributed by atoms with E-state index in [2.05, 4.69) is 15.0 Å². The van der Waals surface area contributed by atoms with Gasteiger partial charge in [-0.25, -0.2) is 15.0 Å². The lowest BCUT2D eigenvalue weighted by Crippen LogP contribution is -2.17. The molecule has 2 aromatic rings. The molecule has 0 amide bonds. The topological polar surface area (TPSA) is 125 Å². The highest BCUT2D eigenvalue weighted by molar-refractivity contribution is 7.52. The van der Waals surface area contributed by atoms with Crippen LogP contribution in [0.15, 0.2) is 12.7 Å². The molecule has 200 valence electrons. The summed E-state index contributed by atoms with van der Waals surface area (Å²) in [5.41, 5.74) is 6.91. The Kier molecular flexibility index (Phi) is 12.2. The van der Waals surface area contributed by atoms with Crippen LogP contribution < -0.4 is 5.73 Å². The number of imidazole rings is 1. The normalized spacial score (nSPS) is 16.0. The van der Waals surface area contributed by atoms with Crippen LogP contribution in [0.4, 0.5) is 5.82 Å². The summed E-state index contributed by atoms with van der Waals surface area (Å²) in [5, 5.41) is 0. The predicted octanol–water partition coefficient (Wildman–Crippen LogP) is 6.45. The van der Waals surface area contributed by atoms with E-state index in [1.165, 1.54) is 51.3 Å². The highest BCUT2D eigenvalue weighted by Crippen LogP contribution is 2.42. The number of rotatable bonds is 21. The number of nitrogen functional groups attached to an aromatic ring is 1. The fourth-order valence-electron chi connectivity index (χ4n) is 4.00. The van der Waals surface area contributed by atoms with E-state index in [1.807, 2.05) is 6.92 Å². The molecule has 2 aromatic heterocycles. The molecule has 0 radical (unpaired) electrons. The molecule has 2 rings (SSSR count). The number of anilines is 1. The summed E-state index contributed by atoms with van der Waals surface area (Å²) in [6.07, 6.45) is 17.0. The molecular weight excluding hydrogens is 465 g/mol. The number of unbranched alkanes of at least 4 members (excludes halogenated alkanes) is 12. The average Bonchev–Trinajstić information content (AvgIpc) is 3.26. The average molecular weight is 515 g/mol. The molecule has 3 N–H and O–H groups in total. The van der Waals surface area contributed by atoms with Gasteiger partial charge in [0, 0.05) is 4.11 Å². The molecule has 0 aromatic carbocycles. The molecular formula is C25H46N5O4P. The summed E-state index contributed by atoms with van der Waals surface area (Å²) < 4.78 is 46.4. The van der Waals surface area contributed by atoms with E-state index in [1.54, 1.807) is 10.9 Å².